The number of hydrogen-bond donors (Lipinski definition) is 2. The van der Waals surface area contributed by atoms with E-state index in [-0.39, 0.29) is 17.6 Å². The molecule has 28 heavy (non-hydrogen) atoms. The molecule has 1 aliphatic carbocycles. The highest BCUT2D eigenvalue weighted by molar-refractivity contribution is 5.95. The SMILES string of the molecule is CCOC(=O)c1cn2cc(NC(=O)[C@H]3NCC[C@H]3C3CCCCC3)ccc2n1. The molecule has 7 heteroatoms. The van der Waals surface area contributed by atoms with E-state index in [1.54, 1.807) is 29.8 Å². The van der Waals surface area contributed by atoms with E-state index in [1.165, 1.54) is 32.1 Å². The lowest BCUT2D eigenvalue weighted by Crippen LogP contribution is -2.42. The predicted octanol–water partition coefficient (Wildman–Crippen LogP) is 3.01. The number of amides is 1. The monoisotopic (exact) mass is 384 g/mol. The van der Waals surface area contributed by atoms with Crippen LogP contribution in [0.3, 0.4) is 0 Å². The Morgan fingerprint density at radius 1 is 1.21 bits per heavy atom. The standard InChI is InChI=1S/C21H28N4O3/c1-2-28-21(27)17-13-25-12-15(8-9-18(25)24-17)23-20(26)19-16(10-11-22-19)14-6-4-3-5-7-14/h8-9,12-14,16,19,22H,2-7,10-11H2,1H3,(H,23,26)/t16-,19-/m0/s1. The smallest absolute Gasteiger partial charge is 0.358 e. The first-order chi connectivity index (χ1) is 13.7. The molecule has 1 saturated heterocycles. The van der Waals surface area contributed by atoms with Crippen molar-refractivity contribution < 1.29 is 14.3 Å². The number of carbonyl (C=O) groups is 2. The normalized spacial score (nSPS) is 23.0. The van der Waals surface area contributed by atoms with Gasteiger partial charge in [0.25, 0.3) is 0 Å². The van der Waals surface area contributed by atoms with Crippen LogP contribution in [0, 0.1) is 11.8 Å². The molecule has 1 saturated carbocycles. The van der Waals surface area contributed by atoms with Gasteiger partial charge in [0.15, 0.2) is 5.69 Å². The Kier molecular flexibility index (Phi) is 5.62. The Hall–Kier alpha value is -2.41. The van der Waals surface area contributed by atoms with E-state index in [2.05, 4.69) is 15.6 Å². The fourth-order valence-electron chi connectivity index (χ4n) is 4.67. The highest BCUT2D eigenvalue weighted by atomic mass is 16.5. The predicted molar refractivity (Wildman–Crippen MR) is 106 cm³/mol. The van der Waals surface area contributed by atoms with Crippen LogP contribution in [0.1, 0.15) is 55.9 Å². The zero-order valence-corrected chi connectivity index (χ0v) is 16.3. The minimum Gasteiger partial charge on any atom is -0.461 e. The number of nitrogens with zero attached hydrogens (tertiary/aromatic N) is 2. The lowest BCUT2D eigenvalue weighted by molar-refractivity contribution is -0.119. The summed E-state index contributed by atoms with van der Waals surface area (Å²) in [6.07, 6.45) is 10.9. The van der Waals surface area contributed by atoms with Gasteiger partial charge in [0.05, 0.1) is 18.3 Å². The van der Waals surface area contributed by atoms with Gasteiger partial charge in [0.2, 0.25) is 5.91 Å². The summed E-state index contributed by atoms with van der Waals surface area (Å²) in [5.41, 5.74) is 1.60. The molecule has 0 radical (unpaired) electrons. The molecule has 7 nitrogen and oxygen atoms in total. The molecule has 0 bridgehead atoms. The Labute approximate surface area is 164 Å². The number of nitrogens with one attached hydrogen (secondary N) is 2. The largest absolute Gasteiger partial charge is 0.461 e. The van der Waals surface area contributed by atoms with Crippen LogP contribution in [-0.4, -0.2) is 40.5 Å². The number of hydrogen-bond acceptors (Lipinski definition) is 5. The summed E-state index contributed by atoms with van der Waals surface area (Å²) < 4.78 is 6.74. The van der Waals surface area contributed by atoms with Gasteiger partial charge in [-0.3, -0.25) is 4.79 Å². The number of esters is 1. The summed E-state index contributed by atoms with van der Waals surface area (Å²) in [6, 6.07) is 3.48. The average Bonchev–Trinajstić information content (AvgIpc) is 3.36. The number of pyridine rings is 1. The van der Waals surface area contributed by atoms with Crippen LogP contribution >= 0.6 is 0 Å². The van der Waals surface area contributed by atoms with Gasteiger partial charge < -0.3 is 19.8 Å². The van der Waals surface area contributed by atoms with Crippen LogP contribution in [0.5, 0.6) is 0 Å². The highest BCUT2D eigenvalue weighted by Gasteiger charge is 2.38. The van der Waals surface area contributed by atoms with E-state index < -0.39 is 5.97 Å². The van der Waals surface area contributed by atoms with Crippen LogP contribution in [0.4, 0.5) is 5.69 Å². The molecule has 0 aromatic carbocycles. The van der Waals surface area contributed by atoms with Crippen LogP contribution in [0.15, 0.2) is 24.5 Å². The number of imidazole rings is 1. The van der Waals surface area contributed by atoms with Gasteiger partial charge in [-0.1, -0.05) is 32.1 Å². The van der Waals surface area contributed by atoms with Crippen molar-refractivity contribution in [3.05, 3.63) is 30.2 Å². The third-order valence-electron chi connectivity index (χ3n) is 6.01. The first-order valence-electron chi connectivity index (χ1n) is 10.4. The number of fused-ring (bicyclic) bond motifs is 1. The Balaban J connectivity index is 1.46. The number of carbonyl (C=O) groups excluding carboxylic acids is 2. The summed E-state index contributed by atoms with van der Waals surface area (Å²) in [7, 11) is 0. The summed E-state index contributed by atoms with van der Waals surface area (Å²) >= 11 is 0. The maximum atomic E-state index is 12.9. The van der Waals surface area contributed by atoms with Crippen molar-refractivity contribution in [2.45, 2.75) is 51.5 Å². The second-order valence-corrected chi connectivity index (χ2v) is 7.80. The quantitative estimate of drug-likeness (QED) is 0.774. The van der Waals surface area contributed by atoms with Crippen molar-refractivity contribution in [3.63, 3.8) is 0 Å². The molecular formula is C21H28N4O3. The topological polar surface area (TPSA) is 84.7 Å². The summed E-state index contributed by atoms with van der Waals surface area (Å²) in [6.45, 7) is 2.98. The third kappa shape index (κ3) is 3.90. The first kappa shape index (κ1) is 18.9. The van der Waals surface area contributed by atoms with Gasteiger partial charge in [-0.2, -0.15) is 0 Å². The lowest BCUT2D eigenvalue weighted by Gasteiger charge is -2.30. The highest BCUT2D eigenvalue weighted by Crippen LogP contribution is 2.36. The van der Waals surface area contributed by atoms with Gasteiger partial charge >= 0.3 is 5.97 Å². The minimum absolute atomic E-state index is 0.0261. The van der Waals surface area contributed by atoms with Crippen LogP contribution < -0.4 is 10.6 Å². The van der Waals surface area contributed by atoms with E-state index in [0.717, 1.165) is 13.0 Å². The van der Waals surface area contributed by atoms with Gasteiger partial charge in [-0.05, 0) is 43.9 Å². The molecule has 0 unspecified atom stereocenters. The summed E-state index contributed by atoms with van der Waals surface area (Å²) in [5.74, 6) is 0.663. The van der Waals surface area contributed by atoms with Crippen molar-refractivity contribution in [1.82, 2.24) is 14.7 Å². The molecule has 2 aromatic heterocycles. The maximum Gasteiger partial charge on any atom is 0.358 e. The third-order valence-corrected chi connectivity index (χ3v) is 6.01. The van der Waals surface area contributed by atoms with Crippen molar-refractivity contribution in [2.75, 3.05) is 18.5 Å². The van der Waals surface area contributed by atoms with E-state index in [1.807, 2.05) is 6.07 Å². The molecule has 1 amide bonds. The number of aromatic nitrogens is 2. The zero-order valence-electron chi connectivity index (χ0n) is 16.3. The van der Waals surface area contributed by atoms with Crippen molar-refractivity contribution in [1.29, 1.82) is 0 Å². The molecule has 0 spiro atoms. The second-order valence-electron chi connectivity index (χ2n) is 7.80. The molecular weight excluding hydrogens is 356 g/mol. The van der Waals surface area contributed by atoms with Crippen molar-refractivity contribution in [2.24, 2.45) is 11.8 Å². The van der Waals surface area contributed by atoms with Crippen molar-refractivity contribution >= 4 is 23.2 Å². The Morgan fingerprint density at radius 2 is 2.04 bits per heavy atom. The Morgan fingerprint density at radius 3 is 2.82 bits per heavy atom. The molecule has 2 aromatic rings. The van der Waals surface area contributed by atoms with E-state index in [0.29, 0.717) is 29.8 Å². The number of rotatable bonds is 5. The molecule has 1 aliphatic heterocycles. The first-order valence-corrected chi connectivity index (χ1v) is 10.4. The average molecular weight is 384 g/mol. The number of ether oxygens (including phenoxy) is 1. The van der Waals surface area contributed by atoms with Crippen LogP contribution in [0.2, 0.25) is 0 Å². The fourth-order valence-corrected chi connectivity index (χ4v) is 4.67. The van der Waals surface area contributed by atoms with Gasteiger partial charge in [-0.25, -0.2) is 9.78 Å². The fraction of sp³-hybridized carbons (Fsp3) is 0.571. The van der Waals surface area contributed by atoms with Gasteiger partial charge in [0, 0.05) is 12.4 Å². The molecule has 2 aliphatic rings. The molecule has 4 rings (SSSR count). The second kappa shape index (κ2) is 8.31. The van der Waals surface area contributed by atoms with E-state index >= 15 is 0 Å². The Bertz CT molecular complexity index is 856. The van der Waals surface area contributed by atoms with Crippen molar-refractivity contribution in [3.8, 4) is 0 Å². The molecule has 2 atom stereocenters. The van der Waals surface area contributed by atoms with Gasteiger partial charge in [0.1, 0.15) is 5.65 Å². The maximum absolute atomic E-state index is 12.9. The minimum atomic E-state index is -0.442. The molecule has 3 heterocycles. The van der Waals surface area contributed by atoms with E-state index in [9.17, 15) is 9.59 Å². The summed E-state index contributed by atoms with van der Waals surface area (Å²) in [5, 5.41) is 6.44. The summed E-state index contributed by atoms with van der Waals surface area (Å²) in [4.78, 5) is 29.1. The zero-order chi connectivity index (χ0) is 19.5. The molecule has 2 fully saturated rings. The van der Waals surface area contributed by atoms with Crippen LogP contribution in [-0.2, 0) is 9.53 Å². The van der Waals surface area contributed by atoms with E-state index in [4.69, 9.17) is 4.74 Å². The molecule has 150 valence electrons. The lowest BCUT2D eigenvalue weighted by atomic mass is 9.76. The van der Waals surface area contributed by atoms with Crippen LogP contribution in [0.25, 0.3) is 5.65 Å². The number of anilines is 1. The van der Waals surface area contributed by atoms with Gasteiger partial charge in [-0.15, -0.1) is 0 Å². The molecule has 2 N–H and O–H groups in total.